The zero-order chi connectivity index (χ0) is 28.3. The Balaban J connectivity index is 1.69. The van der Waals surface area contributed by atoms with Gasteiger partial charge in [0.2, 0.25) is 5.78 Å². The van der Waals surface area contributed by atoms with Gasteiger partial charge < -0.3 is 4.84 Å². The van der Waals surface area contributed by atoms with E-state index in [4.69, 9.17) is 4.84 Å². The van der Waals surface area contributed by atoms with Gasteiger partial charge in [-0.2, -0.15) is 0 Å². The van der Waals surface area contributed by atoms with E-state index in [0.717, 1.165) is 42.4 Å². The molecule has 5 rings (SSSR count). The van der Waals surface area contributed by atoms with Crippen LogP contribution >= 0.6 is 0 Å². The van der Waals surface area contributed by atoms with Crippen molar-refractivity contribution in [3.8, 4) is 22.3 Å². The summed E-state index contributed by atoms with van der Waals surface area (Å²) in [5.74, 6) is -0.845. The molecule has 0 N–H and O–H groups in total. The Labute approximate surface area is 236 Å². The zero-order valence-electron chi connectivity index (χ0n) is 23.7. The first-order chi connectivity index (χ1) is 19.4. The maximum atomic E-state index is 14.4. The predicted octanol–water partition coefficient (Wildman–Crippen LogP) is 8.68. The van der Waals surface area contributed by atoms with Gasteiger partial charge in [0.15, 0.2) is 5.71 Å². The van der Waals surface area contributed by atoms with E-state index in [1.54, 1.807) is 0 Å². The number of nitrogens with zero attached hydrogens (tertiary/aromatic N) is 1. The Morgan fingerprint density at radius 3 is 2.10 bits per heavy atom. The second-order valence-electron chi connectivity index (χ2n) is 10.6. The molecule has 0 bridgehead atoms. The number of hydrogen-bond acceptors (Lipinski definition) is 4. The molecule has 0 atom stereocenters. The summed E-state index contributed by atoms with van der Waals surface area (Å²) in [6.45, 7) is 7.68. The standard InChI is InChI=1S/C36H35NO3/c1-5-21-36(22-6-2)31-18-11-10-16-29(31)30-20-19-27(23-32(30)36)35(39)34(37-40-25(4)38)33-24(3)13-12-17-28(33)26-14-8-7-9-15-26/h7-20,23H,5-6,21-22H2,1-4H3/b37-34-. The Kier molecular flexibility index (Phi) is 7.79. The van der Waals surface area contributed by atoms with Gasteiger partial charge in [0.25, 0.3) is 0 Å². The van der Waals surface area contributed by atoms with Crippen LogP contribution in [-0.2, 0) is 15.0 Å². The highest BCUT2D eigenvalue weighted by atomic mass is 16.7. The third kappa shape index (κ3) is 4.79. The number of carbonyl (C=O) groups is 2. The van der Waals surface area contributed by atoms with Crippen molar-refractivity contribution in [2.24, 2.45) is 5.16 Å². The molecule has 4 aromatic carbocycles. The van der Waals surface area contributed by atoms with Crippen molar-refractivity contribution in [2.75, 3.05) is 0 Å². The lowest BCUT2D eigenvalue weighted by Gasteiger charge is -2.32. The Hall–Kier alpha value is -4.31. The summed E-state index contributed by atoms with van der Waals surface area (Å²) in [6.07, 6.45) is 4.09. The van der Waals surface area contributed by atoms with Crippen molar-refractivity contribution in [1.29, 1.82) is 0 Å². The fourth-order valence-corrected chi connectivity index (χ4v) is 6.40. The molecule has 0 saturated heterocycles. The summed E-state index contributed by atoms with van der Waals surface area (Å²) in [5, 5.41) is 4.18. The molecule has 0 aromatic heterocycles. The first kappa shape index (κ1) is 27.3. The molecule has 40 heavy (non-hydrogen) atoms. The maximum absolute atomic E-state index is 14.4. The number of carbonyl (C=O) groups excluding carboxylic acids is 2. The van der Waals surface area contributed by atoms with Crippen molar-refractivity contribution in [3.63, 3.8) is 0 Å². The van der Waals surface area contributed by atoms with Crippen molar-refractivity contribution in [3.05, 3.63) is 119 Å². The summed E-state index contributed by atoms with van der Waals surface area (Å²) in [6, 6.07) is 30.4. The zero-order valence-corrected chi connectivity index (χ0v) is 23.7. The van der Waals surface area contributed by atoms with Crippen molar-refractivity contribution < 1.29 is 14.4 Å². The molecule has 0 heterocycles. The molecular weight excluding hydrogens is 494 g/mol. The molecule has 0 fully saturated rings. The summed E-state index contributed by atoms with van der Waals surface area (Å²) >= 11 is 0. The van der Waals surface area contributed by atoms with E-state index in [1.807, 2.05) is 61.5 Å². The Morgan fingerprint density at radius 1 is 0.750 bits per heavy atom. The normalized spacial score (nSPS) is 13.4. The predicted molar refractivity (Wildman–Crippen MR) is 162 cm³/mol. The van der Waals surface area contributed by atoms with Crippen LogP contribution in [-0.4, -0.2) is 17.5 Å². The minimum atomic E-state index is -0.575. The number of ketones is 1. The smallest absolute Gasteiger partial charge is 0.318 e. The van der Waals surface area contributed by atoms with Gasteiger partial charge in [-0.3, -0.25) is 4.79 Å². The number of benzene rings is 4. The van der Waals surface area contributed by atoms with Crippen LogP contribution in [0.5, 0.6) is 0 Å². The van der Waals surface area contributed by atoms with Crippen LogP contribution in [0.25, 0.3) is 22.3 Å². The molecule has 202 valence electrons. The average Bonchev–Trinajstić information content (AvgIpc) is 3.23. The van der Waals surface area contributed by atoms with E-state index in [-0.39, 0.29) is 16.9 Å². The summed E-state index contributed by atoms with van der Waals surface area (Å²) in [5.41, 5.74) is 8.86. The lowest BCUT2D eigenvalue weighted by molar-refractivity contribution is -0.140. The van der Waals surface area contributed by atoms with Crippen LogP contribution < -0.4 is 0 Å². The highest BCUT2D eigenvalue weighted by molar-refractivity contribution is 6.52. The summed E-state index contributed by atoms with van der Waals surface area (Å²) < 4.78 is 0. The van der Waals surface area contributed by atoms with E-state index in [2.05, 4.69) is 55.4 Å². The monoisotopic (exact) mass is 529 g/mol. The van der Waals surface area contributed by atoms with E-state index >= 15 is 0 Å². The van der Waals surface area contributed by atoms with Gasteiger partial charge in [0, 0.05) is 23.5 Å². The quantitative estimate of drug-likeness (QED) is 0.0943. The van der Waals surface area contributed by atoms with E-state index in [1.165, 1.54) is 29.2 Å². The Bertz CT molecular complexity index is 1590. The number of fused-ring (bicyclic) bond motifs is 3. The van der Waals surface area contributed by atoms with Crippen LogP contribution in [0.4, 0.5) is 0 Å². The molecule has 4 aromatic rings. The largest absolute Gasteiger partial charge is 0.332 e. The van der Waals surface area contributed by atoms with Crippen LogP contribution in [0.15, 0.2) is 96.2 Å². The van der Waals surface area contributed by atoms with Crippen LogP contribution in [0.1, 0.15) is 79.1 Å². The molecule has 0 amide bonds. The van der Waals surface area contributed by atoms with Gasteiger partial charge in [-0.05, 0) is 64.8 Å². The molecule has 0 saturated carbocycles. The molecule has 0 aliphatic heterocycles. The highest BCUT2D eigenvalue weighted by Crippen LogP contribution is 2.53. The van der Waals surface area contributed by atoms with Gasteiger partial charge >= 0.3 is 5.97 Å². The van der Waals surface area contributed by atoms with E-state index < -0.39 is 5.97 Å². The molecule has 0 radical (unpaired) electrons. The third-order valence-electron chi connectivity index (χ3n) is 7.96. The Morgan fingerprint density at radius 2 is 1.40 bits per heavy atom. The van der Waals surface area contributed by atoms with Gasteiger partial charge in [-0.25, -0.2) is 4.79 Å². The second-order valence-corrected chi connectivity index (χ2v) is 10.6. The van der Waals surface area contributed by atoms with Gasteiger partial charge in [-0.15, -0.1) is 0 Å². The van der Waals surface area contributed by atoms with Crippen LogP contribution in [0.2, 0.25) is 0 Å². The molecule has 4 nitrogen and oxygen atoms in total. The highest BCUT2D eigenvalue weighted by Gasteiger charge is 2.42. The number of oxime groups is 1. The minimum Gasteiger partial charge on any atom is -0.318 e. The fourth-order valence-electron chi connectivity index (χ4n) is 6.40. The first-order valence-electron chi connectivity index (χ1n) is 14.1. The van der Waals surface area contributed by atoms with Crippen molar-refractivity contribution in [2.45, 2.75) is 58.8 Å². The van der Waals surface area contributed by atoms with Gasteiger partial charge in [0.05, 0.1) is 0 Å². The van der Waals surface area contributed by atoms with Crippen LogP contribution in [0, 0.1) is 6.92 Å². The molecule has 1 aliphatic rings. The molecular formula is C36H35NO3. The van der Waals surface area contributed by atoms with Gasteiger partial charge in [0.1, 0.15) is 0 Å². The number of hydrogen-bond donors (Lipinski definition) is 0. The SMILES string of the molecule is CCCC1(CCC)c2ccccc2-c2ccc(C(=O)/C(=N\OC(C)=O)c3c(C)cccc3-c3ccccc3)cc21. The topological polar surface area (TPSA) is 55.7 Å². The number of rotatable bonds is 9. The molecule has 0 unspecified atom stereocenters. The lowest BCUT2D eigenvalue weighted by Crippen LogP contribution is -2.26. The number of Topliss-reactive ketones (excluding diaryl/α,β-unsaturated/α-hetero) is 1. The van der Waals surface area contributed by atoms with Crippen molar-refractivity contribution >= 4 is 17.5 Å². The lowest BCUT2D eigenvalue weighted by atomic mass is 9.71. The third-order valence-corrected chi connectivity index (χ3v) is 7.96. The summed E-state index contributed by atoms with van der Waals surface area (Å²) in [4.78, 5) is 31.4. The van der Waals surface area contributed by atoms with Gasteiger partial charge in [-0.1, -0.05) is 117 Å². The molecule has 0 spiro atoms. The molecule has 4 heteroatoms. The molecule has 1 aliphatic carbocycles. The van der Waals surface area contributed by atoms with Crippen LogP contribution in [0.3, 0.4) is 0 Å². The first-order valence-corrected chi connectivity index (χ1v) is 14.1. The van der Waals surface area contributed by atoms with Crippen molar-refractivity contribution in [1.82, 2.24) is 0 Å². The van der Waals surface area contributed by atoms with E-state index in [9.17, 15) is 9.59 Å². The average molecular weight is 530 g/mol. The summed E-state index contributed by atoms with van der Waals surface area (Å²) in [7, 11) is 0. The minimum absolute atomic E-state index is 0.124. The van der Waals surface area contributed by atoms with E-state index in [0.29, 0.717) is 11.1 Å². The fraction of sp³-hybridized carbons (Fsp3) is 0.250. The second kappa shape index (κ2) is 11.4. The maximum Gasteiger partial charge on any atom is 0.332 e. The number of aryl methyl sites for hydroxylation is 1.